The number of amides is 1. The predicted octanol–water partition coefficient (Wildman–Crippen LogP) is 3.84. The maximum absolute atomic E-state index is 12.5. The molecule has 2 rings (SSSR count). The fourth-order valence-electron chi connectivity index (χ4n) is 2.49. The molecule has 5 nitrogen and oxygen atoms in total. The molecule has 1 unspecified atom stereocenters. The molecule has 0 spiro atoms. The van der Waals surface area contributed by atoms with E-state index in [1.165, 1.54) is 12.7 Å². The number of nitrogens with zero attached hydrogens (tertiary/aromatic N) is 1. The predicted molar refractivity (Wildman–Crippen MR) is 102 cm³/mol. The Morgan fingerprint density at radius 2 is 2.16 bits per heavy atom. The summed E-state index contributed by atoms with van der Waals surface area (Å²) in [6, 6.07) is 5.41. The van der Waals surface area contributed by atoms with E-state index in [1.807, 2.05) is 26.4 Å². The van der Waals surface area contributed by atoms with Crippen molar-refractivity contribution in [2.45, 2.75) is 13.0 Å². The average Bonchev–Trinajstić information content (AvgIpc) is 3.10. The first-order valence-electron chi connectivity index (χ1n) is 7.95. The third-order valence-electron chi connectivity index (χ3n) is 3.79. The van der Waals surface area contributed by atoms with E-state index < -0.39 is 0 Å². The standard InChI is InChI=1S/C18H23ClN2O3S/c1-5-24-17-14(19)8-13(9-16(17)23-4)18(22)20-10-15(21(2)3)12-6-7-25-11-12/h6-9,11,15H,5,10H2,1-4H3,(H,20,22). The van der Waals surface area contributed by atoms with Gasteiger partial charge in [-0.25, -0.2) is 0 Å². The highest BCUT2D eigenvalue weighted by molar-refractivity contribution is 7.07. The number of thiophene rings is 1. The second kappa shape index (κ2) is 9.08. The molecule has 0 bridgehead atoms. The molecule has 136 valence electrons. The van der Waals surface area contributed by atoms with Gasteiger partial charge in [-0.2, -0.15) is 11.3 Å². The van der Waals surface area contributed by atoms with Crippen molar-refractivity contribution in [2.24, 2.45) is 0 Å². The third-order valence-corrected chi connectivity index (χ3v) is 4.77. The van der Waals surface area contributed by atoms with Crippen molar-refractivity contribution in [3.8, 4) is 11.5 Å². The molecule has 25 heavy (non-hydrogen) atoms. The van der Waals surface area contributed by atoms with Gasteiger partial charge in [-0.3, -0.25) is 4.79 Å². The monoisotopic (exact) mass is 382 g/mol. The number of carbonyl (C=O) groups is 1. The molecule has 0 saturated carbocycles. The van der Waals surface area contributed by atoms with Gasteiger partial charge in [0.15, 0.2) is 11.5 Å². The molecule has 1 N–H and O–H groups in total. The zero-order valence-electron chi connectivity index (χ0n) is 14.8. The highest BCUT2D eigenvalue weighted by Crippen LogP contribution is 2.36. The van der Waals surface area contributed by atoms with Crippen LogP contribution in [0, 0.1) is 0 Å². The molecule has 1 heterocycles. The van der Waals surface area contributed by atoms with Gasteiger partial charge in [0.25, 0.3) is 5.91 Å². The van der Waals surface area contributed by atoms with Crippen LogP contribution in [-0.4, -0.2) is 45.2 Å². The van der Waals surface area contributed by atoms with E-state index in [0.717, 1.165) is 0 Å². The van der Waals surface area contributed by atoms with E-state index in [0.29, 0.717) is 35.2 Å². The number of ether oxygens (including phenoxy) is 2. The summed E-state index contributed by atoms with van der Waals surface area (Å²) in [6.07, 6.45) is 0. The van der Waals surface area contributed by atoms with E-state index in [1.54, 1.807) is 23.5 Å². The third kappa shape index (κ3) is 4.87. The Bertz CT molecular complexity index is 705. The number of carbonyl (C=O) groups excluding carboxylic acids is 1. The molecule has 2 aromatic rings. The van der Waals surface area contributed by atoms with Crippen molar-refractivity contribution in [3.05, 3.63) is 45.1 Å². The fourth-order valence-corrected chi connectivity index (χ4v) is 3.46. The number of hydrogen-bond donors (Lipinski definition) is 1. The van der Waals surface area contributed by atoms with Crippen LogP contribution in [-0.2, 0) is 0 Å². The van der Waals surface area contributed by atoms with Gasteiger partial charge >= 0.3 is 0 Å². The number of benzene rings is 1. The molecule has 1 aromatic carbocycles. The summed E-state index contributed by atoms with van der Waals surface area (Å²) in [5.41, 5.74) is 1.62. The van der Waals surface area contributed by atoms with Gasteiger partial charge in [-0.15, -0.1) is 0 Å². The summed E-state index contributed by atoms with van der Waals surface area (Å²) < 4.78 is 10.8. The van der Waals surface area contributed by atoms with Crippen LogP contribution in [0.1, 0.15) is 28.9 Å². The normalized spacial score (nSPS) is 12.1. The maximum atomic E-state index is 12.5. The summed E-state index contributed by atoms with van der Waals surface area (Å²) >= 11 is 7.88. The molecule has 7 heteroatoms. The zero-order valence-corrected chi connectivity index (χ0v) is 16.4. The van der Waals surface area contributed by atoms with Crippen LogP contribution in [0.3, 0.4) is 0 Å². The van der Waals surface area contributed by atoms with Crippen LogP contribution in [0.15, 0.2) is 29.0 Å². The van der Waals surface area contributed by atoms with Crippen LogP contribution in [0.25, 0.3) is 0 Å². The summed E-state index contributed by atoms with van der Waals surface area (Å²) in [6.45, 7) is 2.82. The largest absolute Gasteiger partial charge is 0.493 e. The lowest BCUT2D eigenvalue weighted by atomic mass is 10.1. The fraction of sp³-hybridized carbons (Fsp3) is 0.389. The molecular weight excluding hydrogens is 360 g/mol. The second-order valence-electron chi connectivity index (χ2n) is 5.67. The smallest absolute Gasteiger partial charge is 0.251 e. The highest BCUT2D eigenvalue weighted by Gasteiger charge is 2.19. The van der Waals surface area contributed by atoms with Gasteiger partial charge < -0.3 is 19.7 Å². The summed E-state index contributed by atoms with van der Waals surface area (Å²) in [5.74, 6) is 0.694. The van der Waals surface area contributed by atoms with E-state index >= 15 is 0 Å². The topological polar surface area (TPSA) is 50.8 Å². The maximum Gasteiger partial charge on any atom is 0.251 e. The molecule has 0 aliphatic heterocycles. The second-order valence-corrected chi connectivity index (χ2v) is 6.86. The lowest BCUT2D eigenvalue weighted by Gasteiger charge is -2.24. The van der Waals surface area contributed by atoms with Crippen molar-refractivity contribution in [1.29, 1.82) is 0 Å². The Labute approximate surface area is 157 Å². The minimum absolute atomic E-state index is 0.107. The first-order valence-corrected chi connectivity index (χ1v) is 9.27. The van der Waals surface area contributed by atoms with Gasteiger partial charge in [0, 0.05) is 12.1 Å². The SMILES string of the molecule is CCOc1c(Cl)cc(C(=O)NCC(c2ccsc2)N(C)C)cc1OC. The lowest BCUT2D eigenvalue weighted by molar-refractivity contribution is 0.0941. The quantitative estimate of drug-likeness (QED) is 0.753. The van der Waals surface area contributed by atoms with Crippen molar-refractivity contribution in [2.75, 3.05) is 34.4 Å². The number of hydrogen-bond acceptors (Lipinski definition) is 5. The molecule has 1 atom stereocenters. The van der Waals surface area contributed by atoms with Crippen LogP contribution in [0.2, 0.25) is 5.02 Å². The summed E-state index contributed by atoms with van der Waals surface area (Å²) in [4.78, 5) is 14.6. The molecule has 1 aromatic heterocycles. The van der Waals surface area contributed by atoms with Gasteiger partial charge in [0.2, 0.25) is 0 Å². The lowest BCUT2D eigenvalue weighted by Crippen LogP contribution is -2.34. The number of rotatable bonds is 8. The Balaban J connectivity index is 2.13. The van der Waals surface area contributed by atoms with E-state index in [9.17, 15) is 4.79 Å². The molecule has 0 aliphatic carbocycles. The minimum atomic E-state index is -0.203. The van der Waals surface area contributed by atoms with E-state index in [2.05, 4.69) is 21.7 Å². The van der Waals surface area contributed by atoms with Crippen LogP contribution in [0.5, 0.6) is 11.5 Å². The summed E-state index contributed by atoms with van der Waals surface area (Å²) in [7, 11) is 5.51. The van der Waals surface area contributed by atoms with Gasteiger partial charge in [0.05, 0.1) is 24.8 Å². The Morgan fingerprint density at radius 3 is 2.72 bits per heavy atom. The van der Waals surface area contributed by atoms with Gasteiger partial charge in [-0.05, 0) is 55.5 Å². The van der Waals surface area contributed by atoms with Crippen LogP contribution < -0.4 is 14.8 Å². The van der Waals surface area contributed by atoms with Crippen molar-refractivity contribution >= 4 is 28.8 Å². The molecule has 0 fully saturated rings. The Morgan fingerprint density at radius 1 is 1.40 bits per heavy atom. The van der Waals surface area contributed by atoms with E-state index in [4.69, 9.17) is 21.1 Å². The molecule has 0 aliphatic rings. The van der Waals surface area contributed by atoms with E-state index in [-0.39, 0.29) is 11.9 Å². The summed E-state index contributed by atoms with van der Waals surface area (Å²) in [5, 5.41) is 7.45. The highest BCUT2D eigenvalue weighted by atomic mass is 35.5. The molecule has 1 amide bonds. The number of methoxy groups -OCH3 is 1. The zero-order chi connectivity index (χ0) is 18.4. The first-order chi connectivity index (χ1) is 12.0. The van der Waals surface area contributed by atoms with Crippen molar-refractivity contribution < 1.29 is 14.3 Å². The average molecular weight is 383 g/mol. The Hall–Kier alpha value is -1.76. The number of likely N-dealkylation sites (N-methyl/N-ethyl adjacent to an activating group) is 1. The minimum Gasteiger partial charge on any atom is -0.493 e. The van der Waals surface area contributed by atoms with Gasteiger partial charge in [-0.1, -0.05) is 11.6 Å². The first kappa shape index (κ1) is 19.6. The number of nitrogens with one attached hydrogen (secondary N) is 1. The van der Waals surface area contributed by atoms with Gasteiger partial charge in [0.1, 0.15) is 0 Å². The molecule has 0 radical (unpaired) electrons. The van der Waals surface area contributed by atoms with Crippen LogP contribution >= 0.6 is 22.9 Å². The van der Waals surface area contributed by atoms with Crippen LogP contribution in [0.4, 0.5) is 0 Å². The number of halogens is 1. The van der Waals surface area contributed by atoms with Crippen molar-refractivity contribution in [1.82, 2.24) is 10.2 Å². The van der Waals surface area contributed by atoms with Crippen molar-refractivity contribution in [3.63, 3.8) is 0 Å². The molecular formula is C18H23ClN2O3S. The Kier molecular flexibility index (Phi) is 7.11. The molecule has 0 saturated heterocycles.